The maximum absolute atomic E-state index is 12.0. The summed E-state index contributed by atoms with van der Waals surface area (Å²) in [6.07, 6.45) is 1.50. The average Bonchev–Trinajstić information content (AvgIpc) is 2.39. The molecule has 1 aromatic carbocycles. The summed E-state index contributed by atoms with van der Waals surface area (Å²) in [6.45, 7) is 0. The van der Waals surface area contributed by atoms with Crippen molar-refractivity contribution in [3.05, 3.63) is 65.5 Å². The van der Waals surface area contributed by atoms with Crippen LogP contribution in [0, 0.1) is 0 Å². The van der Waals surface area contributed by atoms with Gasteiger partial charge < -0.3 is 5.11 Å². The van der Waals surface area contributed by atoms with E-state index in [4.69, 9.17) is 5.11 Å². The molecule has 0 spiro atoms. The molecule has 0 fully saturated rings. The lowest BCUT2D eigenvalue weighted by Crippen LogP contribution is -2.10. The second-order valence-electron chi connectivity index (χ2n) is 3.39. The largest absolute Gasteiger partial charge is 0.478 e. The number of benzene rings is 1. The summed E-state index contributed by atoms with van der Waals surface area (Å²) >= 11 is 0. The first-order valence-corrected chi connectivity index (χ1v) is 4.98. The molecule has 17 heavy (non-hydrogen) atoms. The third-order valence-corrected chi connectivity index (χ3v) is 2.30. The molecule has 0 aliphatic carbocycles. The smallest absolute Gasteiger partial charge is 0.336 e. The SMILES string of the molecule is O=C(O)c1ccccc1C(=O)c1ccccn1. The molecule has 1 N–H and O–H groups in total. The highest BCUT2D eigenvalue weighted by molar-refractivity contribution is 6.13. The number of pyridine rings is 1. The van der Waals surface area contributed by atoms with Crippen LogP contribution in [0.5, 0.6) is 0 Å². The Morgan fingerprint density at radius 2 is 1.59 bits per heavy atom. The van der Waals surface area contributed by atoms with Gasteiger partial charge in [-0.25, -0.2) is 4.79 Å². The molecule has 4 nitrogen and oxygen atoms in total. The number of aromatic carboxylic acids is 1. The minimum atomic E-state index is -1.12. The van der Waals surface area contributed by atoms with Crippen LogP contribution in [0.2, 0.25) is 0 Å². The quantitative estimate of drug-likeness (QED) is 0.814. The fourth-order valence-electron chi connectivity index (χ4n) is 1.50. The minimum Gasteiger partial charge on any atom is -0.478 e. The van der Waals surface area contributed by atoms with E-state index in [1.165, 1.54) is 18.3 Å². The Balaban J connectivity index is 2.48. The van der Waals surface area contributed by atoms with Crippen molar-refractivity contribution in [1.82, 2.24) is 4.98 Å². The summed E-state index contributed by atoms with van der Waals surface area (Å²) in [7, 11) is 0. The van der Waals surface area contributed by atoms with Crippen LogP contribution in [0.15, 0.2) is 48.7 Å². The number of carboxylic acid groups (broad SMARTS) is 1. The third kappa shape index (κ3) is 2.20. The zero-order chi connectivity index (χ0) is 12.3. The summed E-state index contributed by atoms with van der Waals surface area (Å²) in [5.74, 6) is -1.51. The van der Waals surface area contributed by atoms with E-state index in [-0.39, 0.29) is 22.6 Å². The van der Waals surface area contributed by atoms with Crippen molar-refractivity contribution in [2.24, 2.45) is 0 Å². The summed E-state index contributed by atoms with van der Waals surface area (Å²) in [5.41, 5.74) is 0.378. The predicted octanol–water partition coefficient (Wildman–Crippen LogP) is 2.01. The highest BCUT2D eigenvalue weighted by atomic mass is 16.4. The number of hydrogen-bond donors (Lipinski definition) is 1. The molecule has 0 bridgehead atoms. The molecule has 0 unspecified atom stereocenters. The molecule has 1 heterocycles. The zero-order valence-electron chi connectivity index (χ0n) is 8.83. The number of rotatable bonds is 3. The zero-order valence-corrected chi connectivity index (χ0v) is 8.83. The number of carboxylic acids is 1. The molecular weight excluding hydrogens is 218 g/mol. The van der Waals surface area contributed by atoms with Crippen molar-refractivity contribution in [2.45, 2.75) is 0 Å². The molecule has 1 aromatic heterocycles. The first-order chi connectivity index (χ1) is 8.20. The van der Waals surface area contributed by atoms with Gasteiger partial charge in [-0.05, 0) is 18.2 Å². The fourth-order valence-corrected chi connectivity index (χ4v) is 1.50. The third-order valence-electron chi connectivity index (χ3n) is 2.30. The monoisotopic (exact) mass is 227 g/mol. The second-order valence-corrected chi connectivity index (χ2v) is 3.39. The molecular formula is C13H9NO3. The van der Waals surface area contributed by atoms with Crippen molar-refractivity contribution in [3.8, 4) is 0 Å². The van der Waals surface area contributed by atoms with E-state index in [2.05, 4.69) is 4.98 Å². The Hall–Kier alpha value is -2.49. The van der Waals surface area contributed by atoms with E-state index in [1.807, 2.05) is 0 Å². The maximum Gasteiger partial charge on any atom is 0.336 e. The molecule has 2 rings (SSSR count). The summed E-state index contributed by atoms with van der Waals surface area (Å²) in [6, 6.07) is 11.0. The van der Waals surface area contributed by atoms with Gasteiger partial charge in [0.2, 0.25) is 5.78 Å². The van der Waals surface area contributed by atoms with Crippen LogP contribution in [0.25, 0.3) is 0 Å². The van der Waals surface area contributed by atoms with Crippen LogP contribution in [0.4, 0.5) is 0 Å². The molecule has 0 aliphatic rings. The molecule has 0 saturated carbocycles. The molecule has 0 radical (unpaired) electrons. The van der Waals surface area contributed by atoms with Gasteiger partial charge in [0.25, 0.3) is 0 Å². The number of hydrogen-bond acceptors (Lipinski definition) is 3. The van der Waals surface area contributed by atoms with Crippen LogP contribution in [-0.4, -0.2) is 21.8 Å². The van der Waals surface area contributed by atoms with E-state index in [0.29, 0.717) is 0 Å². The van der Waals surface area contributed by atoms with Gasteiger partial charge in [-0.2, -0.15) is 0 Å². The number of carbonyl (C=O) groups is 2. The van der Waals surface area contributed by atoms with Gasteiger partial charge in [-0.1, -0.05) is 24.3 Å². The number of ketones is 1. The molecule has 0 atom stereocenters. The molecule has 0 saturated heterocycles. The van der Waals surface area contributed by atoms with Gasteiger partial charge in [-0.3, -0.25) is 9.78 Å². The van der Waals surface area contributed by atoms with Gasteiger partial charge in [0.1, 0.15) is 5.69 Å². The van der Waals surface area contributed by atoms with Gasteiger partial charge in [0.05, 0.1) is 5.56 Å². The summed E-state index contributed by atoms with van der Waals surface area (Å²) in [4.78, 5) is 26.9. The summed E-state index contributed by atoms with van der Waals surface area (Å²) in [5, 5.41) is 8.99. The second kappa shape index (κ2) is 4.57. The van der Waals surface area contributed by atoms with E-state index in [1.54, 1.807) is 30.3 Å². The Morgan fingerprint density at radius 3 is 2.18 bits per heavy atom. The maximum atomic E-state index is 12.0. The number of nitrogens with zero attached hydrogens (tertiary/aromatic N) is 1. The molecule has 0 amide bonds. The van der Waals surface area contributed by atoms with Gasteiger partial charge in [0, 0.05) is 11.8 Å². The van der Waals surface area contributed by atoms with E-state index in [0.717, 1.165) is 0 Å². The van der Waals surface area contributed by atoms with Crippen LogP contribution in [0.1, 0.15) is 26.4 Å². The van der Waals surface area contributed by atoms with Crippen molar-refractivity contribution in [1.29, 1.82) is 0 Å². The van der Waals surface area contributed by atoms with Crippen LogP contribution >= 0.6 is 0 Å². The lowest BCUT2D eigenvalue weighted by Gasteiger charge is -2.03. The van der Waals surface area contributed by atoms with Crippen LogP contribution < -0.4 is 0 Å². The highest BCUT2D eigenvalue weighted by Gasteiger charge is 2.17. The predicted molar refractivity (Wildman–Crippen MR) is 61.1 cm³/mol. The van der Waals surface area contributed by atoms with Gasteiger partial charge in [0.15, 0.2) is 0 Å². The molecule has 4 heteroatoms. The van der Waals surface area contributed by atoms with E-state index >= 15 is 0 Å². The Labute approximate surface area is 97.6 Å². The van der Waals surface area contributed by atoms with Gasteiger partial charge in [-0.15, -0.1) is 0 Å². The lowest BCUT2D eigenvalue weighted by atomic mass is 10.0. The van der Waals surface area contributed by atoms with Crippen molar-refractivity contribution < 1.29 is 14.7 Å². The average molecular weight is 227 g/mol. The normalized spacial score (nSPS) is 9.88. The highest BCUT2D eigenvalue weighted by Crippen LogP contribution is 2.13. The van der Waals surface area contributed by atoms with Crippen molar-refractivity contribution >= 4 is 11.8 Å². The van der Waals surface area contributed by atoms with E-state index in [9.17, 15) is 9.59 Å². The molecule has 2 aromatic rings. The topological polar surface area (TPSA) is 67.3 Å². The Kier molecular flexibility index (Phi) is 2.96. The first-order valence-electron chi connectivity index (χ1n) is 4.98. The Morgan fingerprint density at radius 1 is 0.941 bits per heavy atom. The minimum absolute atomic E-state index is 0.0110. The fraction of sp³-hybridized carbons (Fsp3) is 0. The number of aromatic nitrogens is 1. The van der Waals surface area contributed by atoms with Crippen LogP contribution in [0.3, 0.4) is 0 Å². The lowest BCUT2D eigenvalue weighted by molar-refractivity contribution is 0.0692. The Bertz CT molecular complexity index is 564. The summed E-state index contributed by atoms with van der Waals surface area (Å²) < 4.78 is 0. The van der Waals surface area contributed by atoms with E-state index < -0.39 is 5.97 Å². The number of carbonyl (C=O) groups excluding carboxylic acids is 1. The first kappa shape index (κ1) is 11.0. The molecule has 84 valence electrons. The standard InChI is InChI=1S/C13H9NO3/c15-12(11-7-3-4-8-14-11)9-5-1-2-6-10(9)13(16)17/h1-8H,(H,16,17). The van der Waals surface area contributed by atoms with Crippen LogP contribution in [-0.2, 0) is 0 Å². The molecule has 0 aliphatic heterocycles. The van der Waals surface area contributed by atoms with Crippen molar-refractivity contribution in [3.63, 3.8) is 0 Å². The van der Waals surface area contributed by atoms with Crippen molar-refractivity contribution in [2.75, 3.05) is 0 Å². The van der Waals surface area contributed by atoms with Gasteiger partial charge >= 0.3 is 5.97 Å².